The second-order valence-electron chi connectivity index (χ2n) is 8.61. The maximum Gasteiger partial charge on any atom is 0.349 e. The van der Waals surface area contributed by atoms with Crippen LogP contribution in [0, 0.1) is 25.2 Å². The fourth-order valence-corrected chi connectivity index (χ4v) is 5.45. The SMILES string of the molecule is CCOc1ccc(-n2c(C)cc(/C=C(/C#N)C(=O)OCc3cc(=O)n4c(n3)sc3ccccc34)c2C)cc1. The van der Waals surface area contributed by atoms with Gasteiger partial charge >= 0.3 is 5.97 Å². The number of esters is 1. The number of carbonyl (C=O) groups excluding carboxylic acids is 1. The van der Waals surface area contributed by atoms with Gasteiger partial charge in [0.1, 0.15) is 24.0 Å². The Morgan fingerprint density at radius 1 is 1.13 bits per heavy atom. The summed E-state index contributed by atoms with van der Waals surface area (Å²) in [6.07, 6.45) is 1.52. The molecule has 5 aromatic rings. The van der Waals surface area contributed by atoms with Crippen LogP contribution in [0.25, 0.3) is 26.9 Å². The zero-order valence-corrected chi connectivity index (χ0v) is 21.9. The molecule has 190 valence electrons. The number of nitrogens with zero attached hydrogens (tertiary/aromatic N) is 4. The van der Waals surface area contributed by atoms with Gasteiger partial charge in [0.15, 0.2) is 4.96 Å². The molecule has 0 radical (unpaired) electrons. The van der Waals surface area contributed by atoms with E-state index >= 15 is 0 Å². The molecular weight excluding hydrogens is 500 g/mol. The Kier molecular flexibility index (Phi) is 6.81. The molecule has 0 fully saturated rings. The number of carbonyl (C=O) groups is 1. The van der Waals surface area contributed by atoms with Crippen LogP contribution >= 0.6 is 11.3 Å². The number of thiazole rings is 1. The van der Waals surface area contributed by atoms with E-state index in [-0.39, 0.29) is 17.7 Å². The molecular formula is C29H24N4O4S. The van der Waals surface area contributed by atoms with Gasteiger partial charge in [-0.25, -0.2) is 9.78 Å². The van der Waals surface area contributed by atoms with E-state index in [2.05, 4.69) is 4.98 Å². The number of hydrogen-bond donors (Lipinski definition) is 0. The highest BCUT2D eigenvalue weighted by atomic mass is 32.1. The minimum atomic E-state index is -0.781. The van der Waals surface area contributed by atoms with Gasteiger partial charge in [-0.2, -0.15) is 5.26 Å². The lowest BCUT2D eigenvalue weighted by molar-refractivity contribution is -0.139. The van der Waals surface area contributed by atoms with Crippen molar-refractivity contribution in [2.75, 3.05) is 6.61 Å². The fourth-order valence-electron chi connectivity index (χ4n) is 4.40. The molecule has 0 aliphatic heterocycles. The number of ether oxygens (including phenoxy) is 2. The highest BCUT2D eigenvalue weighted by Crippen LogP contribution is 2.25. The lowest BCUT2D eigenvalue weighted by Gasteiger charge is -2.11. The number of benzene rings is 2. The zero-order valence-electron chi connectivity index (χ0n) is 21.1. The first-order valence-corrected chi connectivity index (χ1v) is 12.8. The van der Waals surface area contributed by atoms with Crippen molar-refractivity contribution in [3.05, 3.63) is 99.2 Å². The third-order valence-corrected chi connectivity index (χ3v) is 7.14. The monoisotopic (exact) mass is 524 g/mol. The molecule has 0 saturated carbocycles. The summed E-state index contributed by atoms with van der Waals surface area (Å²) in [6, 6.07) is 20.5. The van der Waals surface area contributed by atoms with Crippen LogP contribution in [0.3, 0.4) is 0 Å². The van der Waals surface area contributed by atoms with Gasteiger partial charge in [-0.3, -0.25) is 9.20 Å². The summed E-state index contributed by atoms with van der Waals surface area (Å²) in [5, 5.41) is 9.68. The van der Waals surface area contributed by atoms with Gasteiger partial charge in [0.05, 0.1) is 22.5 Å². The van der Waals surface area contributed by atoms with Crippen LogP contribution in [-0.2, 0) is 16.1 Å². The van der Waals surface area contributed by atoms with Crippen LogP contribution in [0.5, 0.6) is 5.75 Å². The van der Waals surface area contributed by atoms with Crippen molar-refractivity contribution in [3.8, 4) is 17.5 Å². The van der Waals surface area contributed by atoms with Crippen LogP contribution < -0.4 is 10.3 Å². The van der Waals surface area contributed by atoms with Crippen LogP contribution in [0.15, 0.2) is 71.0 Å². The van der Waals surface area contributed by atoms with E-state index in [9.17, 15) is 14.9 Å². The fraction of sp³-hybridized carbons (Fsp3) is 0.172. The number of aryl methyl sites for hydroxylation is 1. The average molecular weight is 525 g/mol. The smallest absolute Gasteiger partial charge is 0.349 e. The summed E-state index contributed by atoms with van der Waals surface area (Å²) < 4.78 is 15.4. The Hall–Kier alpha value is -4.68. The summed E-state index contributed by atoms with van der Waals surface area (Å²) in [6.45, 7) is 6.19. The van der Waals surface area contributed by atoms with E-state index in [0.717, 1.165) is 38.6 Å². The molecule has 2 aromatic carbocycles. The first kappa shape index (κ1) is 25.0. The van der Waals surface area contributed by atoms with Crippen molar-refractivity contribution < 1.29 is 14.3 Å². The quantitative estimate of drug-likeness (QED) is 0.161. The molecule has 8 nitrogen and oxygen atoms in total. The molecule has 9 heteroatoms. The van der Waals surface area contributed by atoms with E-state index in [1.54, 1.807) is 0 Å². The van der Waals surface area contributed by atoms with Gasteiger partial charge in [0.25, 0.3) is 5.56 Å². The van der Waals surface area contributed by atoms with Gasteiger partial charge in [-0.15, -0.1) is 0 Å². The lowest BCUT2D eigenvalue weighted by atomic mass is 10.1. The number of aromatic nitrogens is 3. The Labute approximate surface area is 222 Å². The van der Waals surface area contributed by atoms with Crippen molar-refractivity contribution in [2.24, 2.45) is 0 Å². The molecule has 3 aromatic heterocycles. The second-order valence-corrected chi connectivity index (χ2v) is 9.62. The highest BCUT2D eigenvalue weighted by molar-refractivity contribution is 7.23. The van der Waals surface area contributed by atoms with Crippen LogP contribution in [0.2, 0.25) is 0 Å². The largest absolute Gasteiger partial charge is 0.494 e. The maximum atomic E-state index is 12.8. The maximum absolute atomic E-state index is 12.8. The first-order chi connectivity index (χ1) is 18.4. The van der Waals surface area contributed by atoms with Crippen molar-refractivity contribution in [1.82, 2.24) is 14.0 Å². The van der Waals surface area contributed by atoms with Gasteiger partial charge in [-0.1, -0.05) is 23.5 Å². The van der Waals surface area contributed by atoms with Crippen LogP contribution in [0.4, 0.5) is 0 Å². The highest BCUT2D eigenvalue weighted by Gasteiger charge is 2.16. The van der Waals surface area contributed by atoms with E-state index in [4.69, 9.17) is 9.47 Å². The van der Waals surface area contributed by atoms with E-state index in [0.29, 0.717) is 17.3 Å². The molecule has 0 atom stereocenters. The molecule has 0 unspecified atom stereocenters. The van der Waals surface area contributed by atoms with Crippen molar-refractivity contribution >= 4 is 38.6 Å². The van der Waals surface area contributed by atoms with E-state index in [1.807, 2.05) is 86.0 Å². The molecule has 0 aliphatic carbocycles. The topological polar surface area (TPSA) is 98.6 Å². The summed E-state index contributed by atoms with van der Waals surface area (Å²) in [7, 11) is 0. The molecule has 3 heterocycles. The summed E-state index contributed by atoms with van der Waals surface area (Å²) in [5.41, 5.74) is 4.20. The summed E-state index contributed by atoms with van der Waals surface area (Å²) >= 11 is 1.38. The normalized spacial score (nSPS) is 11.6. The Morgan fingerprint density at radius 3 is 2.63 bits per heavy atom. The lowest BCUT2D eigenvalue weighted by Crippen LogP contribution is -2.15. The zero-order chi connectivity index (χ0) is 26.8. The standard InChI is InChI=1S/C29H24N4O4S/c1-4-36-24-11-9-23(10-12-24)32-18(2)13-20(19(32)3)14-21(16-30)28(35)37-17-22-15-27(34)33-25-7-5-6-8-26(25)38-29(33)31-22/h5-15H,4,17H2,1-3H3/b21-14-. The summed E-state index contributed by atoms with van der Waals surface area (Å²) in [5.74, 6) is 0.00809. The molecule has 0 bridgehead atoms. The minimum absolute atomic E-state index is 0.142. The van der Waals surface area contributed by atoms with Gasteiger partial charge in [0.2, 0.25) is 0 Å². The number of fused-ring (bicyclic) bond motifs is 3. The number of rotatable bonds is 7. The summed E-state index contributed by atoms with van der Waals surface area (Å²) in [4.78, 5) is 30.5. The van der Waals surface area contributed by atoms with Crippen molar-refractivity contribution in [2.45, 2.75) is 27.4 Å². The molecule has 0 spiro atoms. The third-order valence-electron chi connectivity index (χ3n) is 6.12. The minimum Gasteiger partial charge on any atom is -0.494 e. The third kappa shape index (κ3) is 4.69. The molecule has 38 heavy (non-hydrogen) atoms. The second kappa shape index (κ2) is 10.4. The Bertz CT molecular complexity index is 1800. The number of hydrogen-bond acceptors (Lipinski definition) is 7. The van der Waals surface area contributed by atoms with Crippen molar-refractivity contribution in [3.63, 3.8) is 0 Å². The van der Waals surface area contributed by atoms with E-state index < -0.39 is 5.97 Å². The molecule has 0 amide bonds. The van der Waals surface area contributed by atoms with Crippen molar-refractivity contribution in [1.29, 1.82) is 5.26 Å². The van der Waals surface area contributed by atoms with E-state index in [1.165, 1.54) is 27.9 Å². The predicted molar refractivity (Wildman–Crippen MR) is 147 cm³/mol. The predicted octanol–water partition coefficient (Wildman–Crippen LogP) is 5.37. The Morgan fingerprint density at radius 2 is 1.89 bits per heavy atom. The molecule has 5 rings (SSSR count). The first-order valence-electron chi connectivity index (χ1n) is 12.0. The molecule has 0 saturated heterocycles. The van der Waals surface area contributed by atoms with Gasteiger partial charge in [0, 0.05) is 23.1 Å². The van der Waals surface area contributed by atoms with Gasteiger partial charge in [-0.05, 0) is 74.9 Å². The average Bonchev–Trinajstić information content (AvgIpc) is 3.42. The van der Waals surface area contributed by atoms with Crippen LogP contribution in [-0.4, -0.2) is 26.5 Å². The molecule has 0 N–H and O–H groups in total. The van der Waals surface area contributed by atoms with Gasteiger partial charge < -0.3 is 14.0 Å². The number of nitriles is 1. The van der Waals surface area contributed by atoms with Crippen LogP contribution in [0.1, 0.15) is 29.6 Å². The number of para-hydroxylation sites is 1. The molecule has 0 aliphatic rings. The Balaban J connectivity index is 1.36.